The van der Waals surface area contributed by atoms with E-state index in [1.165, 1.54) is 7.11 Å². The molecule has 1 aromatic heterocycles. The van der Waals surface area contributed by atoms with E-state index in [1.807, 2.05) is 30.9 Å². The largest absolute Gasteiger partial charge is 0.468 e. The Morgan fingerprint density at radius 2 is 2.39 bits per heavy atom. The molecule has 0 spiro atoms. The zero-order valence-corrected chi connectivity index (χ0v) is 11.3. The van der Waals surface area contributed by atoms with E-state index in [0.717, 1.165) is 18.4 Å². The van der Waals surface area contributed by atoms with Gasteiger partial charge in [0.1, 0.15) is 5.54 Å². The first-order chi connectivity index (χ1) is 8.53. The van der Waals surface area contributed by atoms with Gasteiger partial charge in [-0.25, -0.2) is 0 Å². The zero-order chi connectivity index (χ0) is 13.2. The van der Waals surface area contributed by atoms with Gasteiger partial charge in [0.15, 0.2) is 0 Å². The molecule has 0 aliphatic heterocycles. The van der Waals surface area contributed by atoms with Crippen LogP contribution in [0, 0.1) is 6.92 Å². The van der Waals surface area contributed by atoms with Crippen molar-refractivity contribution in [1.29, 1.82) is 0 Å². The lowest BCUT2D eigenvalue weighted by Gasteiger charge is -2.28. The topological polar surface area (TPSA) is 56.2 Å². The average Bonchev–Trinajstić information content (AvgIpc) is 3.06. The molecule has 5 nitrogen and oxygen atoms in total. The molecule has 1 heterocycles. The summed E-state index contributed by atoms with van der Waals surface area (Å²) >= 11 is 0. The van der Waals surface area contributed by atoms with E-state index in [1.54, 1.807) is 0 Å². The van der Waals surface area contributed by atoms with Crippen LogP contribution in [0.2, 0.25) is 0 Å². The number of ether oxygens (including phenoxy) is 1. The molecule has 1 unspecified atom stereocenters. The van der Waals surface area contributed by atoms with Crippen molar-refractivity contribution >= 4 is 5.97 Å². The van der Waals surface area contributed by atoms with Crippen molar-refractivity contribution in [1.82, 2.24) is 15.1 Å². The van der Waals surface area contributed by atoms with Crippen LogP contribution in [0.25, 0.3) is 0 Å². The highest BCUT2D eigenvalue weighted by molar-refractivity contribution is 5.80. The van der Waals surface area contributed by atoms with E-state index in [4.69, 9.17) is 4.74 Å². The maximum atomic E-state index is 11.9. The Kier molecular flexibility index (Phi) is 3.71. The Bertz CT molecular complexity index is 426. The van der Waals surface area contributed by atoms with Crippen LogP contribution in [0.1, 0.15) is 31.7 Å². The fraction of sp³-hybridized carbons (Fsp3) is 0.692. The lowest BCUT2D eigenvalue weighted by Crippen LogP contribution is -2.51. The van der Waals surface area contributed by atoms with Gasteiger partial charge in [-0.15, -0.1) is 0 Å². The number of carbonyl (C=O) groups excluding carboxylic acids is 1. The van der Waals surface area contributed by atoms with Crippen LogP contribution in [0.5, 0.6) is 0 Å². The molecule has 1 N–H and O–H groups in total. The van der Waals surface area contributed by atoms with Gasteiger partial charge in [0, 0.05) is 18.8 Å². The van der Waals surface area contributed by atoms with Crippen LogP contribution in [0.15, 0.2) is 12.4 Å². The summed E-state index contributed by atoms with van der Waals surface area (Å²) in [5.74, 6) is -0.196. The van der Waals surface area contributed by atoms with Gasteiger partial charge in [0.25, 0.3) is 0 Å². The highest BCUT2D eigenvalue weighted by atomic mass is 16.5. The summed E-state index contributed by atoms with van der Waals surface area (Å²) in [7, 11) is 1.44. The number of carbonyl (C=O) groups is 1. The normalized spacial score (nSPS) is 18.4. The van der Waals surface area contributed by atoms with Crippen molar-refractivity contribution in [3.8, 4) is 0 Å². The first kappa shape index (κ1) is 13.1. The first-order valence-corrected chi connectivity index (χ1v) is 6.39. The van der Waals surface area contributed by atoms with Crippen LogP contribution in [0.3, 0.4) is 0 Å². The molecule has 2 rings (SSSR count). The van der Waals surface area contributed by atoms with Crippen LogP contribution in [0.4, 0.5) is 0 Å². The quantitative estimate of drug-likeness (QED) is 0.773. The summed E-state index contributed by atoms with van der Waals surface area (Å²) in [5, 5.41) is 7.61. The maximum Gasteiger partial charge on any atom is 0.325 e. The number of aryl methyl sites for hydroxylation is 2. The van der Waals surface area contributed by atoms with E-state index in [9.17, 15) is 4.79 Å². The predicted octanol–water partition coefficient (Wildman–Crippen LogP) is 1.27. The highest BCUT2D eigenvalue weighted by Crippen LogP contribution is 2.25. The third-order valence-electron chi connectivity index (χ3n) is 3.34. The fourth-order valence-corrected chi connectivity index (χ4v) is 2.06. The standard InChI is InChI=1S/C13H21N3O2/c1-10-8-14-16(9-10)7-6-13(2,12(17)18-3)15-11-4-5-11/h8-9,11,15H,4-7H2,1-3H3. The Labute approximate surface area is 108 Å². The minimum Gasteiger partial charge on any atom is -0.468 e. The molecule has 1 fully saturated rings. The maximum absolute atomic E-state index is 11.9. The first-order valence-electron chi connectivity index (χ1n) is 6.39. The van der Waals surface area contributed by atoms with E-state index in [-0.39, 0.29) is 5.97 Å². The molecule has 1 aliphatic rings. The molecule has 1 aromatic rings. The molecular formula is C13H21N3O2. The molecule has 1 aliphatic carbocycles. The number of nitrogens with one attached hydrogen (secondary N) is 1. The van der Waals surface area contributed by atoms with Gasteiger partial charge in [-0.3, -0.25) is 14.8 Å². The number of rotatable bonds is 6. The Morgan fingerprint density at radius 1 is 1.67 bits per heavy atom. The second-order valence-corrected chi connectivity index (χ2v) is 5.27. The Balaban J connectivity index is 1.97. The smallest absolute Gasteiger partial charge is 0.325 e. The van der Waals surface area contributed by atoms with Gasteiger partial charge in [-0.1, -0.05) is 0 Å². The van der Waals surface area contributed by atoms with E-state index < -0.39 is 5.54 Å². The number of methoxy groups -OCH3 is 1. The second-order valence-electron chi connectivity index (χ2n) is 5.27. The minimum absolute atomic E-state index is 0.196. The lowest BCUT2D eigenvalue weighted by molar-refractivity contribution is -0.148. The minimum atomic E-state index is -0.615. The highest BCUT2D eigenvalue weighted by Gasteiger charge is 2.39. The summed E-state index contributed by atoms with van der Waals surface area (Å²) in [6.45, 7) is 4.62. The molecule has 100 valence electrons. The van der Waals surface area contributed by atoms with Gasteiger partial charge < -0.3 is 4.74 Å². The molecule has 0 aromatic carbocycles. The van der Waals surface area contributed by atoms with Gasteiger partial charge in [-0.2, -0.15) is 5.10 Å². The zero-order valence-electron chi connectivity index (χ0n) is 11.3. The summed E-state index contributed by atoms with van der Waals surface area (Å²) in [5.41, 5.74) is 0.514. The van der Waals surface area contributed by atoms with Crippen LogP contribution >= 0.6 is 0 Å². The van der Waals surface area contributed by atoms with E-state index >= 15 is 0 Å². The number of hydrogen-bond acceptors (Lipinski definition) is 4. The Morgan fingerprint density at radius 3 is 2.89 bits per heavy atom. The number of nitrogens with zero attached hydrogens (tertiary/aromatic N) is 2. The SMILES string of the molecule is COC(=O)C(C)(CCn1cc(C)cn1)NC1CC1. The monoisotopic (exact) mass is 251 g/mol. The summed E-state index contributed by atoms with van der Waals surface area (Å²) in [6.07, 6.45) is 6.77. The van der Waals surface area contributed by atoms with Gasteiger partial charge >= 0.3 is 5.97 Å². The Hall–Kier alpha value is -1.36. The second kappa shape index (κ2) is 5.10. The van der Waals surface area contributed by atoms with Crippen molar-refractivity contribution in [3.63, 3.8) is 0 Å². The summed E-state index contributed by atoms with van der Waals surface area (Å²) < 4.78 is 6.77. The van der Waals surface area contributed by atoms with Crippen molar-refractivity contribution in [3.05, 3.63) is 18.0 Å². The van der Waals surface area contributed by atoms with E-state index in [2.05, 4.69) is 10.4 Å². The fourth-order valence-electron chi connectivity index (χ4n) is 2.06. The molecule has 1 atom stereocenters. The van der Waals surface area contributed by atoms with Gasteiger partial charge in [0.2, 0.25) is 0 Å². The number of aromatic nitrogens is 2. The molecule has 1 saturated carbocycles. The predicted molar refractivity (Wildman–Crippen MR) is 68.2 cm³/mol. The molecule has 0 saturated heterocycles. The molecule has 18 heavy (non-hydrogen) atoms. The van der Waals surface area contributed by atoms with Gasteiger partial charge in [0.05, 0.1) is 13.3 Å². The third kappa shape index (κ3) is 3.10. The molecule has 0 radical (unpaired) electrons. The van der Waals surface area contributed by atoms with Crippen LogP contribution in [-0.2, 0) is 16.1 Å². The van der Waals surface area contributed by atoms with Crippen LogP contribution in [-0.4, -0.2) is 34.4 Å². The number of esters is 1. The lowest BCUT2D eigenvalue weighted by atomic mass is 9.97. The van der Waals surface area contributed by atoms with Gasteiger partial charge in [-0.05, 0) is 38.7 Å². The molecule has 5 heteroatoms. The molecule has 0 amide bonds. The van der Waals surface area contributed by atoms with Crippen molar-refractivity contribution < 1.29 is 9.53 Å². The van der Waals surface area contributed by atoms with E-state index in [0.29, 0.717) is 19.0 Å². The van der Waals surface area contributed by atoms with Crippen molar-refractivity contribution in [2.24, 2.45) is 0 Å². The molecule has 0 bridgehead atoms. The third-order valence-corrected chi connectivity index (χ3v) is 3.34. The summed E-state index contributed by atoms with van der Waals surface area (Å²) in [6, 6.07) is 0.466. The van der Waals surface area contributed by atoms with Crippen molar-refractivity contribution in [2.75, 3.05) is 7.11 Å². The van der Waals surface area contributed by atoms with Crippen LogP contribution < -0.4 is 5.32 Å². The van der Waals surface area contributed by atoms with Crippen molar-refractivity contribution in [2.45, 2.75) is 51.2 Å². The summed E-state index contributed by atoms with van der Waals surface area (Å²) in [4.78, 5) is 11.9. The molecular weight excluding hydrogens is 230 g/mol. The average molecular weight is 251 g/mol. The number of hydrogen-bond donors (Lipinski definition) is 1.